The lowest BCUT2D eigenvalue weighted by Crippen LogP contribution is -2.20. The van der Waals surface area contributed by atoms with E-state index in [0.717, 1.165) is 11.3 Å². The van der Waals surface area contributed by atoms with Crippen LogP contribution in [0.2, 0.25) is 0 Å². The summed E-state index contributed by atoms with van der Waals surface area (Å²) in [5, 5.41) is 3.13. The number of halogens is 3. The third-order valence-corrected chi connectivity index (χ3v) is 3.72. The van der Waals surface area contributed by atoms with Gasteiger partial charge in [0.1, 0.15) is 17.2 Å². The van der Waals surface area contributed by atoms with Crippen molar-refractivity contribution in [3.63, 3.8) is 0 Å². The number of hydrogen-bond donors (Lipinski definition) is 1. The molecule has 3 nitrogen and oxygen atoms in total. The molecule has 1 N–H and O–H groups in total. The van der Waals surface area contributed by atoms with Crippen molar-refractivity contribution in [3.05, 3.63) is 90.0 Å². The van der Waals surface area contributed by atoms with Gasteiger partial charge in [-0.15, -0.1) is 13.2 Å². The van der Waals surface area contributed by atoms with Gasteiger partial charge in [0.2, 0.25) is 0 Å². The molecular formula is C21H18F3NO2. The maximum Gasteiger partial charge on any atom is 0.573 e. The van der Waals surface area contributed by atoms with E-state index >= 15 is 0 Å². The second-order valence-corrected chi connectivity index (χ2v) is 5.82. The normalized spacial score (nSPS) is 11.2. The van der Waals surface area contributed by atoms with Crippen molar-refractivity contribution in [2.75, 3.05) is 0 Å². The molecule has 0 aromatic heterocycles. The zero-order valence-corrected chi connectivity index (χ0v) is 14.4. The van der Waals surface area contributed by atoms with Crippen LogP contribution in [0.1, 0.15) is 11.1 Å². The topological polar surface area (TPSA) is 30.5 Å². The van der Waals surface area contributed by atoms with Gasteiger partial charge in [0.15, 0.2) is 0 Å². The van der Waals surface area contributed by atoms with E-state index in [9.17, 15) is 13.2 Å². The summed E-state index contributed by atoms with van der Waals surface area (Å²) in [6.45, 7) is 0.725. The highest BCUT2D eigenvalue weighted by molar-refractivity contribution is 5.35. The van der Waals surface area contributed by atoms with Crippen molar-refractivity contribution in [2.24, 2.45) is 0 Å². The summed E-state index contributed by atoms with van der Waals surface area (Å²) in [5.74, 6) is 1.24. The monoisotopic (exact) mass is 373 g/mol. The van der Waals surface area contributed by atoms with Gasteiger partial charge in [-0.2, -0.15) is 0 Å². The Morgan fingerprint density at radius 2 is 1.44 bits per heavy atom. The highest BCUT2D eigenvalue weighted by Gasteiger charge is 2.31. The number of alkyl halides is 3. The first-order valence-corrected chi connectivity index (χ1v) is 8.36. The van der Waals surface area contributed by atoms with Gasteiger partial charge >= 0.3 is 6.36 Å². The molecule has 0 heterocycles. The van der Waals surface area contributed by atoms with E-state index in [1.165, 1.54) is 12.1 Å². The third-order valence-electron chi connectivity index (χ3n) is 3.72. The average Bonchev–Trinajstić information content (AvgIpc) is 2.63. The summed E-state index contributed by atoms with van der Waals surface area (Å²) in [4.78, 5) is 0. The molecule has 0 unspecified atom stereocenters. The van der Waals surface area contributed by atoms with Gasteiger partial charge in [0, 0.05) is 18.7 Å². The van der Waals surface area contributed by atoms with Crippen LogP contribution < -0.4 is 14.8 Å². The summed E-state index contributed by atoms with van der Waals surface area (Å²) in [6, 6.07) is 23.0. The predicted octanol–water partition coefficient (Wildman–Crippen LogP) is 5.67. The van der Waals surface area contributed by atoms with Crippen LogP contribution in [0.4, 0.5) is 13.2 Å². The van der Waals surface area contributed by atoms with Crippen molar-refractivity contribution in [2.45, 2.75) is 19.5 Å². The van der Waals surface area contributed by atoms with Crippen molar-refractivity contribution in [1.29, 1.82) is 0 Å². The predicted molar refractivity (Wildman–Crippen MR) is 96.6 cm³/mol. The molecule has 0 saturated heterocycles. The van der Waals surface area contributed by atoms with E-state index in [1.807, 2.05) is 54.6 Å². The van der Waals surface area contributed by atoms with E-state index in [1.54, 1.807) is 12.1 Å². The van der Waals surface area contributed by atoms with E-state index in [-0.39, 0.29) is 12.3 Å². The Labute approximate surface area is 155 Å². The molecule has 0 fully saturated rings. The van der Waals surface area contributed by atoms with Gasteiger partial charge in [-0.05, 0) is 35.9 Å². The Morgan fingerprint density at radius 3 is 2.22 bits per heavy atom. The van der Waals surface area contributed by atoms with Crippen LogP contribution in [-0.2, 0) is 13.1 Å². The minimum Gasteiger partial charge on any atom is -0.457 e. The standard InChI is InChI=1S/C21H18F3NO2/c22-21(23,24)27-20-12-5-4-8-17(20)15-25-14-16-7-6-11-19(13-16)26-18-9-2-1-3-10-18/h1-13,25H,14-15H2. The Bertz CT molecular complexity index is 867. The number of hydrogen-bond acceptors (Lipinski definition) is 3. The lowest BCUT2D eigenvalue weighted by Gasteiger charge is -2.14. The van der Waals surface area contributed by atoms with Gasteiger partial charge < -0.3 is 14.8 Å². The number of para-hydroxylation sites is 2. The second kappa shape index (κ2) is 8.60. The highest BCUT2D eigenvalue weighted by atomic mass is 19.4. The fraction of sp³-hybridized carbons (Fsp3) is 0.143. The zero-order valence-electron chi connectivity index (χ0n) is 14.4. The first-order valence-electron chi connectivity index (χ1n) is 8.36. The van der Waals surface area contributed by atoms with Crippen LogP contribution in [-0.4, -0.2) is 6.36 Å². The smallest absolute Gasteiger partial charge is 0.457 e. The number of rotatable bonds is 7. The molecule has 27 heavy (non-hydrogen) atoms. The molecule has 3 aromatic carbocycles. The lowest BCUT2D eigenvalue weighted by molar-refractivity contribution is -0.274. The van der Waals surface area contributed by atoms with Crippen LogP contribution in [0.5, 0.6) is 17.2 Å². The van der Waals surface area contributed by atoms with E-state index < -0.39 is 6.36 Å². The molecule has 0 atom stereocenters. The summed E-state index contributed by atoms with van der Waals surface area (Å²) in [7, 11) is 0. The summed E-state index contributed by atoms with van der Waals surface area (Å²) >= 11 is 0. The highest BCUT2D eigenvalue weighted by Crippen LogP contribution is 2.26. The summed E-state index contributed by atoms with van der Waals surface area (Å²) in [5.41, 5.74) is 1.39. The summed E-state index contributed by atoms with van der Waals surface area (Å²) < 4.78 is 47.3. The molecule has 3 rings (SSSR count). The van der Waals surface area contributed by atoms with Crippen LogP contribution >= 0.6 is 0 Å². The first kappa shape index (κ1) is 18.8. The Balaban J connectivity index is 1.59. The lowest BCUT2D eigenvalue weighted by atomic mass is 10.2. The number of benzene rings is 3. The van der Waals surface area contributed by atoms with Gasteiger partial charge in [-0.3, -0.25) is 0 Å². The Morgan fingerprint density at radius 1 is 0.741 bits per heavy atom. The second-order valence-electron chi connectivity index (χ2n) is 5.82. The zero-order chi connectivity index (χ0) is 19.1. The Kier molecular flexibility index (Phi) is 5.98. The van der Waals surface area contributed by atoms with Gasteiger partial charge in [-0.1, -0.05) is 48.5 Å². The van der Waals surface area contributed by atoms with Crippen LogP contribution in [0.3, 0.4) is 0 Å². The molecule has 0 saturated carbocycles. The molecule has 0 spiro atoms. The SMILES string of the molecule is FC(F)(F)Oc1ccccc1CNCc1cccc(Oc2ccccc2)c1. The fourth-order valence-corrected chi connectivity index (χ4v) is 2.56. The maximum absolute atomic E-state index is 12.5. The number of nitrogens with one attached hydrogen (secondary N) is 1. The minimum absolute atomic E-state index is 0.196. The fourth-order valence-electron chi connectivity index (χ4n) is 2.56. The van der Waals surface area contributed by atoms with E-state index in [0.29, 0.717) is 17.9 Å². The molecule has 0 bridgehead atoms. The summed E-state index contributed by atoms with van der Waals surface area (Å²) in [6.07, 6.45) is -4.71. The van der Waals surface area contributed by atoms with Crippen molar-refractivity contribution in [3.8, 4) is 17.2 Å². The molecular weight excluding hydrogens is 355 g/mol. The van der Waals surface area contributed by atoms with E-state index in [2.05, 4.69) is 10.1 Å². The molecule has 0 aliphatic carbocycles. The third kappa shape index (κ3) is 6.04. The van der Waals surface area contributed by atoms with Crippen molar-refractivity contribution >= 4 is 0 Å². The van der Waals surface area contributed by atoms with Gasteiger partial charge in [-0.25, -0.2) is 0 Å². The molecule has 3 aromatic rings. The molecule has 0 amide bonds. The van der Waals surface area contributed by atoms with Crippen LogP contribution in [0.25, 0.3) is 0 Å². The number of ether oxygens (including phenoxy) is 2. The van der Waals surface area contributed by atoms with Gasteiger partial charge in [0.05, 0.1) is 0 Å². The first-order chi connectivity index (χ1) is 13.0. The maximum atomic E-state index is 12.5. The Hall–Kier alpha value is -2.99. The molecule has 0 aliphatic heterocycles. The van der Waals surface area contributed by atoms with Crippen LogP contribution in [0, 0.1) is 0 Å². The largest absolute Gasteiger partial charge is 0.573 e. The van der Waals surface area contributed by atoms with E-state index in [4.69, 9.17) is 4.74 Å². The van der Waals surface area contributed by atoms with Crippen molar-refractivity contribution in [1.82, 2.24) is 5.32 Å². The quantitative estimate of drug-likeness (QED) is 0.579. The molecule has 0 aliphatic rings. The minimum atomic E-state index is -4.71. The van der Waals surface area contributed by atoms with Crippen molar-refractivity contribution < 1.29 is 22.6 Å². The van der Waals surface area contributed by atoms with Crippen LogP contribution in [0.15, 0.2) is 78.9 Å². The molecule has 6 heteroatoms. The van der Waals surface area contributed by atoms with Gasteiger partial charge in [0.25, 0.3) is 0 Å². The molecule has 140 valence electrons. The average molecular weight is 373 g/mol. The molecule has 0 radical (unpaired) electrons.